The van der Waals surface area contributed by atoms with Crippen molar-refractivity contribution in [2.45, 2.75) is 33.2 Å². The van der Waals surface area contributed by atoms with Gasteiger partial charge in [0.2, 0.25) is 0 Å². The van der Waals surface area contributed by atoms with Crippen molar-refractivity contribution in [2.24, 2.45) is 4.99 Å². The lowest BCUT2D eigenvalue weighted by molar-refractivity contribution is -0.117. The molecular formula is C28H26ClFN4O. The summed E-state index contributed by atoms with van der Waals surface area (Å²) in [5.41, 5.74) is 5.18. The van der Waals surface area contributed by atoms with Gasteiger partial charge in [-0.3, -0.25) is 14.8 Å². The van der Waals surface area contributed by atoms with Crippen LogP contribution in [0.1, 0.15) is 30.5 Å². The summed E-state index contributed by atoms with van der Waals surface area (Å²) in [7, 11) is 0. The molecule has 5 nitrogen and oxygen atoms in total. The van der Waals surface area contributed by atoms with Crippen LogP contribution in [0.15, 0.2) is 77.2 Å². The van der Waals surface area contributed by atoms with E-state index >= 15 is 0 Å². The summed E-state index contributed by atoms with van der Waals surface area (Å²) >= 11 is 6.08. The number of carbonyl (C=O) groups is 1. The molecule has 178 valence electrons. The highest BCUT2D eigenvalue weighted by Crippen LogP contribution is 2.28. The highest BCUT2D eigenvalue weighted by molar-refractivity contribution is 6.35. The number of hydrogen-bond donors (Lipinski definition) is 2. The number of aromatic amines is 1. The van der Waals surface area contributed by atoms with Crippen molar-refractivity contribution in [1.82, 2.24) is 15.3 Å². The largest absolute Gasteiger partial charge is 0.360 e. The van der Waals surface area contributed by atoms with Crippen molar-refractivity contribution in [1.29, 1.82) is 0 Å². The molecule has 0 aliphatic heterocycles. The third-order valence-corrected chi connectivity index (χ3v) is 6.25. The first-order valence-corrected chi connectivity index (χ1v) is 11.7. The van der Waals surface area contributed by atoms with E-state index in [-0.39, 0.29) is 12.5 Å². The monoisotopic (exact) mass is 488 g/mol. The average molecular weight is 489 g/mol. The minimum absolute atomic E-state index is 0.0293. The molecule has 35 heavy (non-hydrogen) atoms. The molecule has 0 atom stereocenters. The Hall–Kier alpha value is -3.77. The van der Waals surface area contributed by atoms with Crippen molar-refractivity contribution >= 4 is 46.0 Å². The van der Waals surface area contributed by atoms with E-state index < -0.39 is 5.82 Å². The molecule has 2 heterocycles. The number of aryl methyl sites for hydroxylation is 1. The number of hydrogen-bond acceptors (Lipinski definition) is 3. The minimum Gasteiger partial charge on any atom is -0.360 e. The van der Waals surface area contributed by atoms with Crippen LogP contribution in [0.3, 0.4) is 0 Å². The van der Waals surface area contributed by atoms with Crippen molar-refractivity contribution in [3.63, 3.8) is 0 Å². The fraction of sp³-hybridized carbons (Fsp3) is 0.179. The lowest BCUT2D eigenvalue weighted by Crippen LogP contribution is -2.24. The van der Waals surface area contributed by atoms with Gasteiger partial charge >= 0.3 is 0 Å². The Kier molecular flexibility index (Phi) is 7.42. The third kappa shape index (κ3) is 5.33. The van der Waals surface area contributed by atoms with Gasteiger partial charge in [0.25, 0.3) is 5.91 Å². The van der Waals surface area contributed by atoms with Crippen LogP contribution in [-0.2, 0) is 24.2 Å². The predicted octanol–water partition coefficient (Wildman–Crippen LogP) is 6.46. The molecule has 4 aromatic rings. The van der Waals surface area contributed by atoms with Crippen LogP contribution in [-0.4, -0.2) is 22.6 Å². The van der Waals surface area contributed by atoms with Crippen LogP contribution >= 0.6 is 11.6 Å². The SMILES string of the molecule is C=N/C(=C\C(=C/C)C(=O)NCc1ccc2[nH]cc(Cl)c2c1F)Cc1ccc2ncc(CC)cc2c1. The lowest BCUT2D eigenvalue weighted by Gasteiger charge is -2.09. The topological polar surface area (TPSA) is 70.1 Å². The summed E-state index contributed by atoms with van der Waals surface area (Å²) in [5.74, 6) is -0.777. The summed E-state index contributed by atoms with van der Waals surface area (Å²) in [6.45, 7) is 7.57. The summed E-state index contributed by atoms with van der Waals surface area (Å²) in [5, 5.41) is 4.47. The van der Waals surface area contributed by atoms with E-state index in [1.807, 2.05) is 18.3 Å². The molecule has 0 fully saturated rings. The van der Waals surface area contributed by atoms with Crippen molar-refractivity contribution in [3.05, 3.63) is 99.7 Å². The second-order valence-electron chi connectivity index (χ2n) is 8.22. The maximum absolute atomic E-state index is 14.9. The molecular weight excluding hydrogens is 463 g/mol. The molecule has 2 N–H and O–H groups in total. The second kappa shape index (κ2) is 10.7. The third-order valence-electron chi connectivity index (χ3n) is 5.95. The van der Waals surface area contributed by atoms with E-state index in [1.54, 1.807) is 37.4 Å². The maximum atomic E-state index is 14.9. The van der Waals surface area contributed by atoms with Gasteiger partial charge in [-0.1, -0.05) is 36.7 Å². The zero-order chi connectivity index (χ0) is 24.9. The van der Waals surface area contributed by atoms with E-state index in [2.05, 4.69) is 46.1 Å². The number of aromatic nitrogens is 2. The van der Waals surface area contributed by atoms with Gasteiger partial charge < -0.3 is 10.3 Å². The second-order valence-corrected chi connectivity index (χ2v) is 8.63. The number of halogens is 2. The molecule has 0 bridgehead atoms. The van der Waals surface area contributed by atoms with Gasteiger partial charge in [-0.2, -0.15) is 0 Å². The number of allylic oxidation sites excluding steroid dienone is 2. The lowest BCUT2D eigenvalue weighted by atomic mass is 10.0. The Labute approximate surface area is 208 Å². The van der Waals surface area contributed by atoms with Crippen LogP contribution in [0.5, 0.6) is 0 Å². The highest BCUT2D eigenvalue weighted by Gasteiger charge is 2.14. The van der Waals surface area contributed by atoms with Crippen molar-refractivity contribution in [2.75, 3.05) is 0 Å². The first kappa shape index (κ1) is 24.4. The average Bonchev–Trinajstić information content (AvgIpc) is 3.26. The number of aliphatic imine (C=N–C) groups is 1. The zero-order valence-corrected chi connectivity index (χ0v) is 20.4. The molecule has 0 radical (unpaired) electrons. The van der Waals surface area contributed by atoms with Gasteiger partial charge in [-0.15, -0.1) is 0 Å². The Morgan fingerprint density at radius 3 is 2.80 bits per heavy atom. The number of fused-ring (bicyclic) bond motifs is 2. The number of carbonyl (C=O) groups excluding carboxylic acids is 1. The highest BCUT2D eigenvalue weighted by atomic mass is 35.5. The molecule has 1 amide bonds. The van der Waals surface area contributed by atoms with Gasteiger partial charge in [0.05, 0.1) is 15.9 Å². The summed E-state index contributed by atoms with van der Waals surface area (Å²) in [6.07, 6.45) is 8.27. The van der Waals surface area contributed by atoms with Gasteiger partial charge in [-0.25, -0.2) is 4.39 Å². The number of nitrogens with zero attached hydrogens (tertiary/aromatic N) is 2. The van der Waals surface area contributed by atoms with Crippen LogP contribution < -0.4 is 5.32 Å². The van der Waals surface area contributed by atoms with E-state index in [9.17, 15) is 9.18 Å². The Bertz CT molecular complexity index is 1490. The maximum Gasteiger partial charge on any atom is 0.251 e. The standard InChI is InChI=1S/C28H26ClFN4O/c1-4-17-10-21-11-18(6-8-24(21)32-14-17)12-22(31-3)13-19(5-2)28(35)34-15-20-7-9-25-26(27(20)30)23(29)16-33-25/h5-11,13-14,16,33H,3-4,12,15H2,1-2H3,(H,34,35)/b19-5+,22-13-. The fourth-order valence-corrected chi connectivity index (χ4v) is 4.19. The Morgan fingerprint density at radius 1 is 1.26 bits per heavy atom. The number of H-pyrrole nitrogens is 1. The normalized spacial score (nSPS) is 12.3. The molecule has 7 heteroatoms. The van der Waals surface area contributed by atoms with E-state index in [0.29, 0.717) is 39.2 Å². The summed E-state index contributed by atoms with van der Waals surface area (Å²) < 4.78 is 14.9. The van der Waals surface area contributed by atoms with Crippen LogP contribution in [0.2, 0.25) is 5.02 Å². The quantitative estimate of drug-likeness (QED) is 0.170. The van der Waals surface area contributed by atoms with Gasteiger partial charge in [-0.05, 0) is 61.5 Å². The molecule has 0 saturated carbocycles. The van der Waals surface area contributed by atoms with E-state index in [0.717, 1.165) is 22.9 Å². The molecule has 2 aromatic heterocycles. The molecule has 0 spiro atoms. The minimum atomic E-state index is -0.447. The summed E-state index contributed by atoms with van der Waals surface area (Å²) in [4.78, 5) is 24.4. The smallest absolute Gasteiger partial charge is 0.251 e. The van der Waals surface area contributed by atoms with Gasteiger partial charge in [0.15, 0.2) is 0 Å². The van der Waals surface area contributed by atoms with Gasteiger partial charge in [0, 0.05) is 53.1 Å². The molecule has 0 aliphatic carbocycles. The fourth-order valence-electron chi connectivity index (χ4n) is 3.95. The number of amides is 1. The Morgan fingerprint density at radius 2 is 2.06 bits per heavy atom. The van der Waals surface area contributed by atoms with Crippen molar-refractivity contribution < 1.29 is 9.18 Å². The molecule has 0 saturated heterocycles. The molecule has 2 aromatic carbocycles. The first-order chi connectivity index (χ1) is 16.9. The molecule has 0 aliphatic rings. The molecule has 4 rings (SSSR count). The Balaban J connectivity index is 1.49. The van der Waals surface area contributed by atoms with E-state index in [1.165, 1.54) is 5.56 Å². The number of nitrogens with one attached hydrogen (secondary N) is 2. The van der Waals surface area contributed by atoms with Crippen LogP contribution in [0.25, 0.3) is 21.8 Å². The van der Waals surface area contributed by atoms with Gasteiger partial charge in [0.1, 0.15) is 5.82 Å². The van der Waals surface area contributed by atoms with Crippen LogP contribution in [0.4, 0.5) is 4.39 Å². The molecule has 0 unspecified atom stereocenters. The van der Waals surface area contributed by atoms with Crippen molar-refractivity contribution in [3.8, 4) is 0 Å². The zero-order valence-electron chi connectivity index (χ0n) is 19.7. The van der Waals surface area contributed by atoms with E-state index in [4.69, 9.17) is 11.6 Å². The van der Waals surface area contributed by atoms with Crippen LogP contribution in [0, 0.1) is 5.82 Å². The number of benzene rings is 2. The number of pyridine rings is 1. The summed E-state index contributed by atoms with van der Waals surface area (Å²) in [6, 6.07) is 11.6. The first-order valence-electron chi connectivity index (χ1n) is 11.4. The predicted molar refractivity (Wildman–Crippen MR) is 141 cm³/mol. The number of rotatable bonds is 8.